The molecule has 0 saturated heterocycles. The number of β-amino-alcohol motifs (C(OH)–C–C–N with tert-alkyl or cyclic N) is 1. The summed E-state index contributed by atoms with van der Waals surface area (Å²) in [5.41, 5.74) is 4.34. The zero-order valence-electron chi connectivity index (χ0n) is 14.5. The van der Waals surface area contributed by atoms with E-state index >= 15 is 0 Å². The minimum absolute atomic E-state index is 0.505. The number of pyridine rings is 1. The normalized spacial score (nSPS) is 16.3. The Labute approximate surface area is 155 Å². The average Bonchev–Trinajstić information content (AvgIpc) is 3.16. The van der Waals surface area contributed by atoms with Crippen molar-refractivity contribution in [1.29, 1.82) is 0 Å². The quantitative estimate of drug-likeness (QED) is 0.522. The van der Waals surface area contributed by atoms with E-state index in [0.717, 1.165) is 39.3 Å². The van der Waals surface area contributed by atoms with E-state index in [2.05, 4.69) is 20.5 Å². The van der Waals surface area contributed by atoms with Crippen LogP contribution in [0.4, 0.5) is 0 Å². The molecule has 1 aliphatic rings. The Balaban J connectivity index is 1.66. The smallest absolute Gasteiger partial charge is 0.156 e. The fraction of sp³-hybridized carbons (Fsp3) is 0.143. The highest BCUT2D eigenvalue weighted by Crippen LogP contribution is 2.38. The zero-order valence-corrected chi connectivity index (χ0v) is 14.5. The van der Waals surface area contributed by atoms with Crippen molar-refractivity contribution in [3.8, 4) is 22.6 Å². The lowest BCUT2D eigenvalue weighted by Crippen LogP contribution is -2.29. The van der Waals surface area contributed by atoms with E-state index in [1.54, 1.807) is 6.20 Å². The number of fused-ring (bicyclic) bond motifs is 2. The fourth-order valence-electron chi connectivity index (χ4n) is 3.61. The van der Waals surface area contributed by atoms with E-state index in [-0.39, 0.29) is 0 Å². The van der Waals surface area contributed by atoms with Crippen LogP contribution in [0.2, 0.25) is 0 Å². The number of rotatable bonds is 3. The van der Waals surface area contributed by atoms with Crippen LogP contribution in [0, 0.1) is 0 Å². The maximum Gasteiger partial charge on any atom is 0.156 e. The topological polar surface area (TPSA) is 83.1 Å². The molecule has 6 nitrogen and oxygen atoms in total. The van der Waals surface area contributed by atoms with Gasteiger partial charge in [0.15, 0.2) is 5.65 Å². The molecule has 2 aromatic carbocycles. The Morgan fingerprint density at radius 2 is 1.89 bits per heavy atom. The Morgan fingerprint density at radius 3 is 2.78 bits per heavy atom. The molecule has 0 aliphatic carbocycles. The van der Waals surface area contributed by atoms with Crippen molar-refractivity contribution in [1.82, 2.24) is 20.5 Å². The van der Waals surface area contributed by atoms with Crippen LogP contribution in [0.25, 0.3) is 22.2 Å². The molecule has 1 unspecified atom stereocenters. The van der Waals surface area contributed by atoms with E-state index in [0.29, 0.717) is 18.7 Å². The second-order valence-electron chi connectivity index (χ2n) is 6.57. The summed E-state index contributed by atoms with van der Waals surface area (Å²) in [6.07, 6.45) is 1.14. The molecule has 0 bridgehead atoms. The van der Waals surface area contributed by atoms with Crippen LogP contribution >= 0.6 is 0 Å². The molecule has 27 heavy (non-hydrogen) atoms. The van der Waals surface area contributed by atoms with Crippen LogP contribution in [0.15, 0.2) is 60.8 Å². The van der Waals surface area contributed by atoms with Crippen LogP contribution < -0.4 is 10.1 Å². The lowest BCUT2D eigenvalue weighted by molar-refractivity contribution is 0.165. The van der Waals surface area contributed by atoms with Gasteiger partial charge in [0.2, 0.25) is 0 Å². The average molecular weight is 358 g/mol. The van der Waals surface area contributed by atoms with Crippen LogP contribution in [0.5, 0.6) is 11.5 Å². The van der Waals surface area contributed by atoms with Gasteiger partial charge < -0.3 is 15.2 Å². The highest BCUT2D eigenvalue weighted by atomic mass is 16.5. The second kappa shape index (κ2) is 6.50. The predicted octanol–water partition coefficient (Wildman–Crippen LogP) is 3.55. The molecule has 4 aromatic rings. The number of nitrogens with one attached hydrogen (secondary N) is 2. The minimum Gasteiger partial charge on any atom is -0.457 e. The van der Waals surface area contributed by atoms with Gasteiger partial charge in [-0.05, 0) is 29.8 Å². The number of hydrogen-bond donors (Lipinski definition) is 3. The van der Waals surface area contributed by atoms with Gasteiger partial charge in [0.05, 0.1) is 18.0 Å². The summed E-state index contributed by atoms with van der Waals surface area (Å²) in [5.74, 6) is 1.52. The van der Waals surface area contributed by atoms with Gasteiger partial charge in [-0.15, -0.1) is 0 Å². The van der Waals surface area contributed by atoms with Crippen molar-refractivity contribution in [2.75, 3.05) is 6.54 Å². The molecule has 0 saturated carbocycles. The molecular formula is C21H18N4O2. The number of hydrogen-bond acceptors (Lipinski definition) is 5. The Hall–Kier alpha value is -3.22. The van der Waals surface area contributed by atoms with Crippen LogP contribution in [0.3, 0.4) is 0 Å². The molecule has 3 N–H and O–H groups in total. The van der Waals surface area contributed by atoms with Crippen LogP contribution in [-0.4, -0.2) is 26.8 Å². The SMILES string of the molecule is OC1CNCc2nc3[nH]ncc3c(-c3cccc(Oc4ccccc4)c3)c21. The number of aromatic nitrogens is 3. The summed E-state index contributed by atoms with van der Waals surface area (Å²) in [6, 6.07) is 17.6. The Kier molecular flexibility index (Phi) is 3.85. The molecule has 1 atom stereocenters. The molecule has 5 rings (SSSR count). The molecule has 0 fully saturated rings. The highest BCUT2D eigenvalue weighted by molar-refractivity contribution is 5.95. The molecule has 1 aliphatic heterocycles. The predicted molar refractivity (Wildman–Crippen MR) is 103 cm³/mol. The molecule has 134 valence electrons. The van der Waals surface area contributed by atoms with Crippen molar-refractivity contribution in [3.05, 3.63) is 72.1 Å². The first kappa shape index (κ1) is 16.0. The van der Waals surface area contributed by atoms with E-state index in [1.165, 1.54) is 0 Å². The van der Waals surface area contributed by atoms with E-state index < -0.39 is 6.10 Å². The van der Waals surface area contributed by atoms with Crippen molar-refractivity contribution >= 4 is 11.0 Å². The monoisotopic (exact) mass is 358 g/mol. The molecule has 3 heterocycles. The third-order valence-electron chi connectivity index (χ3n) is 4.78. The number of aliphatic hydroxyl groups is 1. The zero-order chi connectivity index (χ0) is 18.2. The summed E-state index contributed by atoms with van der Waals surface area (Å²) in [4.78, 5) is 4.63. The number of para-hydroxylation sites is 1. The summed E-state index contributed by atoms with van der Waals surface area (Å²) >= 11 is 0. The Bertz CT molecular complexity index is 1110. The minimum atomic E-state index is -0.616. The maximum atomic E-state index is 10.6. The number of benzene rings is 2. The van der Waals surface area contributed by atoms with Gasteiger partial charge in [0.25, 0.3) is 0 Å². The van der Waals surface area contributed by atoms with Crippen LogP contribution in [0.1, 0.15) is 17.4 Å². The first-order valence-electron chi connectivity index (χ1n) is 8.87. The van der Waals surface area contributed by atoms with E-state index in [9.17, 15) is 5.11 Å². The third-order valence-corrected chi connectivity index (χ3v) is 4.78. The van der Waals surface area contributed by atoms with Gasteiger partial charge in [-0.2, -0.15) is 5.10 Å². The van der Waals surface area contributed by atoms with Gasteiger partial charge in [0, 0.05) is 29.6 Å². The van der Waals surface area contributed by atoms with E-state index in [1.807, 2.05) is 54.6 Å². The molecule has 6 heteroatoms. The lowest BCUT2D eigenvalue weighted by Gasteiger charge is -2.25. The van der Waals surface area contributed by atoms with Crippen molar-refractivity contribution in [2.45, 2.75) is 12.6 Å². The third kappa shape index (κ3) is 2.85. The molecule has 0 amide bonds. The molecule has 2 aromatic heterocycles. The fourth-order valence-corrected chi connectivity index (χ4v) is 3.61. The first-order valence-corrected chi connectivity index (χ1v) is 8.87. The number of H-pyrrole nitrogens is 1. The van der Waals surface area contributed by atoms with Crippen molar-refractivity contribution in [3.63, 3.8) is 0 Å². The van der Waals surface area contributed by atoms with Gasteiger partial charge in [-0.25, -0.2) is 4.98 Å². The molecule has 0 radical (unpaired) electrons. The van der Waals surface area contributed by atoms with E-state index in [4.69, 9.17) is 4.74 Å². The summed E-state index contributed by atoms with van der Waals surface area (Å²) < 4.78 is 5.99. The number of aliphatic hydroxyl groups excluding tert-OH is 1. The molecular weight excluding hydrogens is 340 g/mol. The van der Waals surface area contributed by atoms with Gasteiger partial charge in [-0.1, -0.05) is 30.3 Å². The number of ether oxygens (including phenoxy) is 1. The number of aromatic amines is 1. The highest BCUT2D eigenvalue weighted by Gasteiger charge is 2.26. The van der Waals surface area contributed by atoms with Gasteiger partial charge >= 0.3 is 0 Å². The largest absolute Gasteiger partial charge is 0.457 e. The van der Waals surface area contributed by atoms with Crippen LogP contribution in [-0.2, 0) is 6.54 Å². The summed E-state index contributed by atoms with van der Waals surface area (Å²) in [7, 11) is 0. The standard InChI is InChI=1S/C21H18N4O2/c26-18-12-22-11-17-20(18)19(16-10-23-25-21(16)24-17)13-5-4-8-15(9-13)27-14-6-2-1-3-7-14/h1-10,18,22,26H,11-12H2,(H,23,24,25). The van der Waals surface area contributed by atoms with Gasteiger partial charge in [0.1, 0.15) is 11.5 Å². The van der Waals surface area contributed by atoms with Crippen molar-refractivity contribution < 1.29 is 9.84 Å². The number of nitrogens with zero attached hydrogens (tertiary/aromatic N) is 2. The first-order chi connectivity index (χ1) is 13.3. The molecule has 0 spiro atoms. The lowest BCUT2D eigenvalue weighted by atomic mass is 9.91. The summed E-state index contributed by atoms with van der Waals surface area (Å²) in [6.45, 7) is 1.12. The van der Waals surface area contributed by atoms with Gasteiger partial charge in [-0.3, -0.25) is 5.10 Å². The maximum absolute atomic E-state index is 10.6. The Morgan fingerprint density at radius 1 is 1.04 bits per heavy atom. The van der Waals surface area contributed by atoms with Crippen molar-refractivity contribution in [2.24, 2.45) is 0 Å². The second-order valence-corrected chi connectivity index (χ2v) is 6.57. The summed E-state index contributed by atoms with van der Waals surface area (Å²) in [5, 5.41) is 21.8.